The van der Waals surface area contributed by atoms with E-state index in [2.05, 4.69) is 4.98 Å². The first-order valence-electron chi connectivity index (χ1n) is 4.03. The summed E-state index contributed by atoms with van der Waals surface area (Å²) in [6, 6.07) is 4.97. The second-order valence-electron chi connectivity index (χ2n) is 2.78. The summed E-state index contributed by atoms with van der Waals surface area (Å²) in [7, 11) is -1.45. The van der Waals surface area contributed by atoms with Crippen LogP contribution in [0.4, 0.5) is 0 Å². The van der Waals surface area contributed by atoms with Crippen LogP contribution < -0.4 is 0 Å². The van der Waals surface area contributed by atoms with Gasteiger partial charge in [0.2, 0.25) is 0 Å². The highest BCUT2D eigenvalue weighted by Crippen LogP contribution is 2.04. The highest BCUT2D eigenvalue weighted by molar-refractivity contribution is 7.84. The van der Waals surface area contributed by atoms with Crippen molar-refractivity contribution in [3.63, 3.8) is 0 Å². The number of aromatic nitrogens is 1. The Morgan fingerprint density at radius 2 is 2.40 bits per heavy atom. The standard InChI is InChI=1S/C9H8N2O3S/c10-4-8-3-7(1-2-11-8)5-15(14)6-9(12)13/h1-3H,5-6H2,(H,12,13). The number of pyridine rings is 1. The number of hydrogen-bond donors (Lipinski definition) is 1. The molecule has 0 aliphatic carbocycles. The predicted molar refractivity (Wildman–Crippen MR) is 53.3 cm³/mol. The fourth-order valence-corrected chi connectivity index (χ4v) is 1.93. The smallest absolute Gasteiger partial charge is 0.316 e. The van der Waals surface area contributed by atoms with Crippen LogP contribution in [0.3, 0.4) is 0 Å². The van der Waals surface area contributed by atoms with Crippen molar-refractivity contribution >= 4 is 16.8 Å². The zero-order chi connectivity index (χ0) is 11.3. The summed E-state index contributed by atoms with van der Waals surface area (Å²) < 4.78 is 11.2. The molecule has 1 rings (SSSR count). The van der Waals surface area contributed by atoms with E-state index in [-0.39, 0.29) is 17.2 Å². The van der Waals surface area contributed by atoms with Gasteiger partial charge in [-0.05, 0) is 17.7 Å². The molecule has 0 radical (unpaired) electrons. The summed E-state index contributed by atoms with van der Waals surface area (Å²) in [6.45, 7) is 0. The zero-order valence-electron chi connectivity index (χ0n) is 7.71. The van der Waals surface area contributed by atoms with E-state index in [0.29, 0.717) is 5.56 Å². The average Bonchev–Trinajstić information content (AvgIpc) is 2.16. The van der Waals surface area contributed by atoms with E-state index in [1.165, 1.54) is 12.3 Å². The lowest BCUT2D eigenvalue weighted by molar-refractivity contribution is -0.133. The third-order valence-electron chi connectivity index (χ3n) is 1.55. The van der Waals surface area contributed by atoms with E-state index in [4.69, 9.17) is 10.4 Å². The third kappa shape index (κ3) is 3.87. The molecule has 1 aromatic heterocycles. The van der Waals surface area contributed by atoms with Crippen LogP contribution in [0.2, 0.25) is 0 Å². The summed E-state index contributed by atoms with van der Waals surface area (Å²) >= 11 is 0. The van der Waals surface area contributed by atoms with Gasteiger partial charge in [0.15, 0.2) is 0 Å². The number of rotatable bonds is 4. The maximum atomic E-state index is 11.2. The van der Waals surface area contributed by atoms with Crippen molar-refractivity contribution in [2.45, 2.75) is 5.75 Å². The van der Waals surface area contributed by atoms with Crippen molar-refractivity contribution in [3.8, 4) is 6.07 Å². The van der Waals surface area contributed by atoms with Gasteiger partial charge in [0.05, 0.1) is 0 Å². The van der Waals surface area contributed by atoms with Crippen molar-refractivity contribution < 1.29 is 14.1 Å². The van der Waals surface area contributed by atoms with Crippen LogP contribution in [-0.4, -0.2) is 26.0 Å². The topological polar surface area (TPSA) is 91.0 Å². The lowest BCUT2D eigenvalue weighted by Gasteiger charge is -1.99. The molecule has 78 valence electrons. The molecule has 15 heavy (non-hydrogen) atoms. The zero-order valence-corrected chi connectivity index (χ0v) is 8.53. The van der Waals surface area contributed by atoms with Gasteiger partial charge >= 0.3 is 5.97 Å². The van der Waals surface area contributed by atoms with Crippen molar-refractivity contribution in [1.82, 2.24) is 4.98 Å². The third-order valence-corrected chi connectivity index (χ3v) is 2.78. The maximum Gasteiger partial charge on any atom is 0.316 e. The summed E-state index contributed by atoms with van der Waals surface area (Å²) in [5.74, 6) is -1.35. The summed E-state index contributed by atoms with van der Waals surface area (Å²) in [5, 5.41) is 17.0. The van der Waals surface area contributed by atoms with E-state index in [1.807, 2.05) is 6.07 Å². The molecule has 0 aromatic carbocycles. The van der Waals surface area contributed by atoms with E-state index in [9.17, 15) is 9.00 Å². The van der Waals surface area contributed by atoms with Gasteiger partial charge in [0.1, 0.15) is 17.5 Å². The van der Waals surface area contributed by atoms with Gasteiger partial charge in [-0.3, -0.25) is 9.00 Å². The molecule has 1 atom stereocenters. The van der Waals surface area contributed by atoms with Gasteiger partial charge in [-0.25, -0.2) is 4.98 Å². The van der Waals surface area contributed by atoms with Crippen LogP contribution in [0.25, 0.3) is 0 Å². The van der Waals surface area contributed by atoms with Crippen LogP contribution in [0, 0.1) is 11.3 Å². The molecule has 0 saturated heterocycles. The molecule has 0 aliphatic rings. The number of aliphatic carboxylic acids is 1. The van der Waals surface area contributed by atoms with Crippen molar-refractivity contribution in [2.24, 2.45) is 0 Å². The highest BCUT2D eigenvalue weighted by Gasteiger charge is 2.07. The quantitative estimate of drug-likeness (QED) is 0.793. The molecule has 1 unspecified atom stereocenters. The second kappa shape index (κ2) is 5.22. The Morgan fingerprint density at radius 1 is 1.67 bits per heavy atom. The van der Waals surface area contributed by atoms with Crippen LogP contribution in [0.1, 0.15) is 11.3 Å². The van der Waals surface area contributed by atoms with Gasteiger partial charge in [-0.15, -0.1) is 0 Å². The fourth-order valence-electron chi connectivity index (χ4n) is 1.000. The Labute approximate surface area is 88.8 Å². The molecule has 1 aromatic rings. The number of hydrogen-bond acceptors (Lipinski definition) is 4. The van der Waals surface area contributed by atoms with Crippen molar-refractivity contribution in [1.29, 1.82) is 5.26 Å². The Bertz CT molecular complexity index is 439. The molecule has 5 nitrogen and oxygen atoms in total. The highest BCUT2D eigenvalue weighted by atomic mass is 32.2. The molecule has 0 aliphatic heterocycles. The first kappa shape index (κ1) is 11.3. The van der Waals surface area contributed by atoms with Gasteiger partial charge in [-0.2, -0.15) is 5.26 Å². The van der Waals surface area contributed by atoms with Gasteiger partial charge in [0.25, 0.3) is 0 Å². The van der Waals surface area contributed by atoms with Gasteiger partial charge in [0, 0.05) is 22.7 Å². The molecule has 0 bridgehead atoms. The Morgan fingerprint density at radius 3 is 3.00 bits per heavy atom. The average molecular weight is 224 g/mol. The molecule has 0 spiro atoms. The second-order valence-corrected chi connectivity index (χ2v) is 4.24. The first-order valence-corrected chi connectivity index (χ1v) is 5.52. The molecular formula is C9H8N2O3S. The molecule has 0 amide bonds. The minimum Gasteiger partial charge on any atom is -0.481 e. The Kier molecular flexibility index (Phi) is 3.94. The lowest BCUT2D eigenvalue weighted by Crippen LogP contribution is -2.10. The van der Waals surface area contributed by atoms with E-state index in [1.54, 1.807) is 6.07 Å². The number of nitriles is 1. The van der Waals surface area contributed by atoms with Gasteiger partial charge in [-0.1, -0.05) is 0 Å². The van der Waals surface area contributed by atoms with E-state index >= 15 is 0 Å². The largest absolute Gasteiger partial charge is 0.481 e. The molecule has 0 saturated carbocycles. The number of carboxylic acids is 1. The maximum absolute atomic E-state index is 11.2. The Hall–Kier alpha value is -1.74. The molecule has 1 N–H and O–H groups in total. The minimum absolute atomic E-state index is 0.128. The van der Waals surface area contributed by atoms with Gasteiger partial charge < -0.3 is 5.11 Å². The number of nitrogens with zero attached hydrogens (tertiary/aromatic N) is 2. The van der Waals surface area contributed by atoms with Crippen LogP contribution in [0.5, 0.6) is 0 Å². The van der Waals surface area contributed by atoms with Crippen LogP contribution in [-0.2, 0) is 21.3 Å². The molecular weight excluding hydrogens is 216 g/mol. The predicted octanol–water partition coefficient (Wildman–Crippen LogP) is 0.287. The monoisotopic (exact) mass is 224 g/mol. The van der Waals surface area contributed by atoms with E-state index < -0.39 is 16.8 Å². The van der Waals surface area contributed by atoms with Crippen molar-refractivity contribution in [2.75, 3.05) is 5.75 Å². The minimum atomic E-state index is -1.45. The summed E-state index contributed by atoms with van der Waals surface area (Å²) in [6.07, 6.45) is 1.44. The lowest BCUT2D eigenvalue weighted by atomic mass is 10.2. The summed E-state index contributed by atoms with van der Waals surface area (Å²) in [5.41, 5.74) is 0.890. The number of carbonyl (C=O) groups is 1. The van der Waals surface area contributed by atoms with Crippen molar-refractivity contribution in [3.05, 3.63) is 29.6 Å². The molecule has 6 heteroatoms. The SMILES string of the molecule is N#Cc1cc(CS(=O)CC(=O)O)ccn1. The number of carboxylic acid groups (broad SMARTS) is 1. The molecule has 1 heterocycles. The van der Waals surface area contributed by atoms with Crippen LogP contribution >= 0.6 is 0 Å². The fraction of sp³-hybridized carbons (Fsp3) is 0.222. The van der Waals surface area contributed by atoms with E-state index in [0.717, 1.165) is 0 Å². The first-order chi connectivity index (χ1) is 7.11. The summed E-state index contributed by atoms with van der Waals surface area (Å²) in [4.78, 5) is 14.0. The Balaban J connectivity index is 2.69. The molecule has 0 fully saturated rings. The normalized spacial score (nSPS) is 11.7. The van der Waals surface area contributed by atoms with Crippen LogP contribution in [0.15, 0.2) is 18.3 Å².